The van der Waals surface area contributed by atoms with Gasteiger partial charge < -0.3 is 20.0 Å². The van der Waals surface area contributed by atoms with Crippen LogP contribution in [-0.2, 0) is 20.9 Å². The van der Waals surface area contributed by atoms with Gasteiger partial charge in [-0.1, -0.05) is 18.2 Å². The third-order valence-corrected chi connectivity index (χ3v) is 6.29. The van der Waals surface area contributed by atoms with E-state index in [0.29, 0.717) is 0 Å². The van der Waals surface area contributed by atoms with E-state index in [1.165, 1.54) is 24.3 Å². The summed E-state index contributed by atoms with van der Waals surface area (Å²) >= 11 is 0.780. The molecule has 0 unspecified atom stereocenters. The fourth-order valence-electron chi connectivity index (χ4n) is 3.59. The summed E-state index contributed by atoms with van der Waals surface area (Å²) in [5.41, 5.74) is -0.959. The molecule has 1 saturated heterocycles. The molecule has 2 bridgehead atoms. The van der Waals surface area contributed by atoms with Crippen LogP contribution in [-0.4, -0.2) is 41.4 Å². The van der Waals surface area contributed by atoms with Crippen molar-refractivity contribution < 1.29 is 99.4 Å². The fraction of sp³-hybridized carbons (Fsp3) is 0.250. The van der Waals surface area contributed by atoms with Crippen molar-refractivity contribution in [2.45, 2.75) is 18.3 Å². The van der Waals surface area contributed by atoms with Gasteiger partial charge in [0.1, 0.15) is 6.04 Å². The molecule has 160 valence electrons. The minimum atomic E-state index is -5.34. The Bertz CT molecular complexity index is 1170. The number of benzene rings is 1. The molecule has 9 nitrogen and oxygen atoms in total. The maximum absolute atomic E-state index is 13.4. The smallest absolute Gasteiger partial charge is 0.860 e. The van der Waals surface area contributed by atoms with Crippen molar-refractivity contribution in [3.63, 3.8) is 0 Å². The largest absolute Gasteiger partial charge is 1.00 e. The molecule has 1 fully saturated rings. The van der Waals surface area contributed by atoms with Crippen molar-refractivity contribution in [3.05, 3.63) is 46.3 Å². The van der Waals surface area contributed by atoms with Crippen molar-refractivity contribution in [2.24, 2.45) is 0 Å². The zero-order valence-corrected chi connectivity index (χ0v) is 22.2. The molecule has 0 aliphatic carbocycles. The zero-order chi connectivity index (χ0) is 22.0. The first-order chi connectivity index (χ1) is 13.9. The second kappa shape index (κ2) is 9.52. The van der Waals surface area contributed by atoms with Gasteiger partial charge in [0, 0.05) is 15.3 Å². The van der Waals surface area contributed by atoms with Gasteiger partial charge in [0.05, 0.1) is 18.2 Å². The molecule has 2 aromatic rings. The molecule has 1 N–H and O–H groups in total. The third-order valence-electron chi connectivity index (χ3n) is 4.71. The molecule has 1 aromatic heterocycles. The summed E-state index contributed by atoms with van der Waals surface area (Å²) in [5, 5.41) is 19.7. The van der Waals surface area contributed by atoms with Crippen molar-refractivity contribution in [1.29, 1.82) is 5.41 Å². The van der Waals surface area contributed by atoms with Crippen LogP contribution in [0.1, 0.15) is 28.1 Å². The number of rotatable bonds is 4. The summed E-state index contributed by atoms with van der Waals surface area (Å²) in [7, 11) is -5.34. The molecule has 2 aliphatic heterocycles. The van der Waals surface area contributed by atoms with Crippen LogP contribution in [0.5, 0.6) is 0 Å². The van der Waals surface area contributed by atoms with E-state index >= 15 is 0 Å². The summed E-state index contributed by atoms with van der Waals surface area (Å²) in [6.07, 6.45) is -4.66. The topological polar surface area (TPSA) is 137 Å². The van der Waals surface area contributed by atoms with E-state index in [-0.39, 0.29) is 91.6 Å². The number of amides is 2. The van der Waals surface area contributed by atoms with Crippen LogP contribution in [0.4, 0.5) is 18.0 Å². The van der Waals surface area contributed by atoms with Gasteiger partial charge in [-0.3, -0.25) is 0 Å². The molecule has 3 heterocycles. The number of alkyl halides is 3. The van der Waals surface area contributed by atoms with Gasteiger partial charge in [-0.25, -0.2) is 13.2 Å². The van der Waals surface area contributed by atoms with E-state index in [1.54, 1.807) is 0 Å². The SMILES string of the molecule is N=C([O-])[C@@H]1c2sc(-c3ccccc3C(F)(F)F)cc2[C@H]2CN1C(=O)N2OS(=O)(=O)[O-].[Na+].[Na+]. The van der Waals surface area contributed by atoms with Crippen LogP contribution >= 0.6 is 11.3 Å². The minimum Gasteiger partial charge on any atom is -0.860 e. The molecule has 0 spiro atoms. The van der Waals surface area contributed by atoms with Crippen molar-refractivity contribution in [3.8, 4) is 10.4 Å². The van der Waals surface area contributed by atoms with E-state index in [2.05, 4.69) is 4.28 Å². The average molecular weight is 507 g/mol. The molecular weight excluding hydrogens is 497 g/mol. The Morgan fingerprint density at radius 3 is 2.44 bits per heavy atom. The Kier molecular flexibility index (Phi) is 8.20. The van der Waals surface area contributed by atoms with E-state index in [1.807, 2.05) is 0 Å². The Morgan fingerprint density at radius 1 is 1.25 bits per heavy atom. The minimum absolute atomic E-state index is 0. The number of hydrogen-bond acceptors (Lipinski definition) is 8. The monoisotopic (exact) mass is 507 g/mol. The van der Waals surface area contributed by atoms with Crippen LogP contribution in [0.3, 0.4) is 0 Å². The van der Waals surface area contributed by atoms with Crippen LogP contribution < -0.4 is 64.2 Å². The second-order valence-electron chi connectivity index (χ2n) is 6.50. The van der Waals surface area contributed by atoms with Gasteiger partial charge in [0.15, 0.2) is 0 Å². The van der Waals surface area contributed by atoms with Crippen LogP contribution in [0.2, 0.25) is 0 Å². The van der Waals surface area contributed by atoms with E-state index in [9.17, 15) is 36.0 Å². The molecule has 0 radical (unpaired) electrons. The van der Waals surface area contributed by atoms with Gasteiger partial charge in [-0.05, 0) is 23.6 Å². The Balaban J connectivity index is 0.00000181. The van der Waals surface area contributed by atoms with E-state index in [0.717, 1.165) is 22.3 Å². The van der Waals surface area contributed by atoms with Gasteiger partial charge in [-0.15, -0.1) is 11.3 Å². The summed E-state index contributed by atoms with van der Waals surface area (Å²) in [6, 6.07) is 2.32. The molecule has 32 heavy (non-hydrogen) atoms. The first-order valence-corrected chi connectivity index (χ1v) is 10.3. The van der Waals surface area contributed by atoms with E-state index < -0.39 is 46.2 Å². The standard InChI is InChI=1S/C16H12F3N3O6S2.2Na/c17-16(18,19)9-4-2-1-3-7(9)11-5-8-10-6-21(12(14(20)23)13(8)29-11)15(24)22(10)28-30(25,26)27;;/h1-5,10,12H,6H2,(H2,20,23)(H,25,26,27);;/q;2*+1/p-2/t10-,12+;;/m1../s1. The number of halogens is 3. The zero-order valence-electron chi connectivity index (χ0n) is 16.5. The number of urea groups is 1. The van der Waals surface area contributed by atoms with Crippen molar-refractivity contribution >= 4 is 33.7 Å². The first-order valence-electron chi connectivity index (χ1n) is 8.19. The second-order valence-corrected chi connectivity index (χ2v) is 8.55. The number of carbonyl (C=O) groups excluding carboxylic acids is 1. The molecule has 0 saturated carbocycles. The van der Waals surface area contributed by atoms with Gasteiger partial charge in [0.2, 0.25) is 10.4 Å². The van der Waals surface area contributed by atoms with Gasteiger partial charge >= 0.3 is 71.3 Å². The summed E-state index contributed by atoms with van der Waals surface area (Å²) in [4.78, 5) is 13.5. The number of thiophene rings is 1. The normalized spacial score (nSPS) is 19.8. The maximum atomic E-state index is 13.4. The predicted molar refractivity (Wildman–Crippen MR) is 92.7 cm³/mol. The average Bonchev–Trinajstić information content (AvgIpc) is 3.17. The summed E-state index contributed by atoms with van der Waals surface area (Å²) < 4.78 is 77.5. The molecule has 1 aromatic carbocycles. The number of hydroxylamine groups is 2. The number of hydrogen-bond donors (Lipinski definition) is 1. The van der Waals surface area contributed by atoms with Crippen molar-refractivity contribution in [2.75, 3.05) is 6.54 Å². The summed E-state index contributed by atoms with van der Waals surface area (Å²) in [5.74, 6) is -1.22. The van der Waals surface area contributed by atoms with Crippen LogP contribution in [0, 0.1) is 5.41 Å². The molecule has 2 aliphatic rings. The van der Waals surface area contributed by atoms with Crippen LogP contribution in [0.15, 0.2) is 30.3 Å². The molecular formula is C16H10F3N3Na2O6S2. The number of fused-ring (bicyclic) bond motifs is 4. The quantitative estimate of drug-likeness (QED) is 0.147. The summed E-state index contributed by atoms with van der Waals surface area (Å²) in [6.45, 7) is -0.270. The van der Waals surface area contributed by atoms with Crippen LogP contribution in [0.25, 0.3) is 10.4 Å². The Hall–Kier alpha value is -0.680. The van der Waals surface area contributed by atoms with Crippen molar-refractivity contribution in [1.82, 2.24) is 9.96 Å². The maximum Gasteiger partial charge on any atom is 1.00 e. The number of nitrogens with zero attached hydrogens (tertiary/aromatic N) is 2. The number of carbonyl (C=O) groups is 1. The number of nitrogens with one attached hydrogen (secondary N) is 1. The predicted octanol–water partition coefficient (Wildman–Crippen LogP) is -4.00. The molecule has 2 amide bonds. The fourth-order valence-corrected chi connectivity index (χ4v) is 5.33. The van der Waals surface area contributed by atoms with Gasteiger partial charge in [0.25, 0.3) is 0 Å². The van der Waals surface area contributed by atoms with Gasteiger partial charge in [-0.2, -0.15) is 22.5 Å². The molecule has 4 rings (SSSR count). The third kappa shape index (κ3) is 4.89. The molecule has 16 heteroatoms. The Labute approximate surface area is 228 Å². The molecule has 2 atom stereocenters. The Morgan fingerprint density at radius 2 is 1.88 bits per heavy atom. The van der Waals surface area contributed by atoms with E-state index in [4.69, 9.17) is 5.41 Å². The first kappa shape index (κ1) is 27.6.